The minimum Gasteiger partial charge on any atom is -0.357 e. The maximum absolute atomic E-state index is 4.97. The highest BCUT2D eigenvalue weighted by Crippen LogP contribution is 2.34. The molecule has 3 fully saturated rings. The van der Waals surface area contributed by atoms with Gasteiger partial charge < -0.3 is 15.1 Å². The predicted molar refractivity (Wildman–Crippen MR) is 111 cm³/mol. The molecule has 0 aromatic carbocycles. The zero-order valence-electron chi connectivity index (χ0n) is 16.7. The molecule has 1 saturated heterocycles. The van der Waals surface area contributed by atoms with Crippen molar-refractivity contribution in [2.24, 2.45) is 10.9 Å². The van der Waals surface area contributed by atoms with E-state index < -0.39 is 0 Å². The highest BCUT2D eigenvalue weighted by atomic mass is 15.4. The third-order valence-corrected chi connectivity index (χ3v) is 5.79. The summed E-state index contributed by atoms with van der Waals surface area (Å²) >= 11 is 0. The average Bonchev–Trinajstić information content (AvgIpc) is 3.62. The lowest BCUT2D eigenvalue weighted by Gasteiger charge is -2.37. The van der Waals surface area contributed by atoms with Gasteiger partial charge in [-0.1, -0.05) is 6.07 Å². The van der Waals surface area contributed by atoms with Crippen molar-refractivity contribution < 1.29 is 0 Å². The van der Waals surface area contributed by atoms with Crippen molar-refractivity contribution in [2.75, 3.05) is 57.3 Å². The van der Waals surface area contributed by atoms with Crippen molar-refractivity contribution in [1.29, 1.82) is 0 Å². The Morgan fingerprint density at radius 3 is 2.63 bits per heavy atom. The summed E-state index contributed by atoms with van der Waals surface area (Å²) in [4.78, 5) is 16.9. The lowest BCUT2D eigenvalue weighted by molar-refractivity contribution is 0.259. The Bertz CT molecular complexity index is 602. The molecule has 3 aliphatic rings. The third-order valence-electron chi connectivity index (χ3n) is 5.79. The van der Waals surface area contributed by atoms with Gasteiger partial charge in [-0.25, -0.2) is 4.98 Å². The summed E-state index contributed by atoms with van der Waals surface area (Å²) in [6.07, 6.45) is 7.55. The molecule has 1 aromatic rings. The zero-order chi connectivity index (χ0) is 18.5. The fourth-order valence-electron chi connectivity index (χ4n) is 3.89. The molecule has 0 bridgehead atoms. The maximum Gasteiger partial charge on any atom is 0.194 e. The number of anilines is 1. The Balaban J connectivity index is 1.28. The quantitative estimate of drug-likeness (QED) is 0.561. The van der Waals surface area contributed by atoms with E-state index in [0.717, 1.165) is 69.6 Å². The summed E-state index contributed by atoms with van der Waals surface area (Å²) in [6.45, 7) is 10.4. The van der Waals surface area contributed by atoms with Crippen LogP contribution in [0, 0.1) is 5.92 Å². The number of hydrogen-bond donors (Lipinski definition) is 1. The summed E-state index contributed by atoms with van der Waals surface area (Å²) < 4.78 is 0. The molecule has 4 rings (SSSR count). The van der Waals surface area contributed by atoms with Crippen LogP contribution in [0.4, 0.5) is 5.82 Å². The predicted octanol–water partition coefficient (Wildman–Crippen LogP) is 2.04. The molecule has 0 unspecified atom stereocenters. The van der Waals surface area contributed by atoms with Gasteiger partial charge in [0.25, 0.3) is 0 Å². The highest BCUT2D eigenvalue weighted by Gasteiger charge is 2.33. The Morgan fingerprint density at radius 1 is 1.19 bits per heavy atom. The molecule has 0 atom stereocenters. The van der Waals surface area contributed by atoms with E-state index in [1.54, 1.807) is 0 Å². The first-order valence-corrected chi connectivity index (χ1v) is 10.8. The summed E-state index contributed by atoms with van der Waals surface area (Å²) in [5.74, 6) is 3.14. The van der Waals surface area contributed by atoms with Crippen molar-refractivity contribution in [3.63, 3.8) is 0 Å². The molecule has 1 aliphatic heterocycles. The number of nitrogens with one attached hydrogen (secondary N) is 1. The molecule has 6 nitrogen and oxygen atoms in total. The summed E-state index contributed by atoms with van der Waals surface area (Å²) in [5.41, 5.74) is 0. The van der Waals surface area contributed by atoms with E-state index in [0.29, 0.717) is 0 Å². The second-order valence-electron chi connectivity index (χ2n) is 8.07. The van der Waals surface area contributed by atoms with Crippen LogP contribution in [0.2, 0.25) is 0 Å². The van der Waals surface area contributed by atoms with E-state index in [9.17, 15) is 0 Å². The molecule has 1 N–H and O–H groups in total. The van der Waals surface area contributed by atoms with Gasteiger partial charge in [0.05, 0.1) is 6.54 Å². The van der Waals surface area contributed by atoms with Crippen LogP contribution in [-0.2, 0) is 0 Å². The number of pyridine rings is 1. The Labute approximate surface area is 163 Å². The number of aliphatic imine (C=N–C) groups is 1. The van der Waals surface area contributed by atoms with Crippen molar-refractivity contribution in [1.82, 2.24) is 20.1 Å². The lowest BCUT2D eigenvalue weighted by Crippen LogP contribution is -2.53. The fourth-order valence-corrected chi connectivity index (χ4v) is 3.89. The van der Waals surface area contributed by atoms with E-state index in [1.165, 1.54) is 32.2 Å². The van der Waals surface area contributed by atoms with Gasteiger partial charge in [0.2, 0.25) is 0 Å². The molecule has 2 aliphatic carbocycles. The first kappa shape index (κ1) is 18.5. The van der Waals surface area contributed by atoms with Crippen LogP contribution in [0.5, 0.6) is 0 Å². The molecular formula is C21H34N6. The Morgan fingerprint density at radius 2 is 2.00 bits per heavy atom. The van der Waals surface area contributed by atoms with Gasteiger partial charge in [0.1, 0.15) is 5.82 Å². The monoisotopic (exact) mass is 370 g/mol. The van der Waals surface area contributed by atoms with E-state index in [4.69, 9.17) is 4.99 Å². The average molecular weight is 371 g/mol. The Hall–Kier alpha value is -1.82. The van der Waals surface area contributed by atoms with E-state index in [-0.39, 0.29) is 0 Å². The molecule has 27 heavy (non-hydrogen) atoms. The number of piperazine rings is 1. The van der Waals surface area contributed by atoms with Gasteiger partial charge in [-0.2, -0.15) is 0 Å². The maximum atomic E-state index is 4.97. The second kappa shape index (κ2) is 8.91. The summed E-state index contributed by atoms with van der Waals surface area (Å²) in [7, 11) is 0. The van der Waals surface area contributed by atoms with E-state index in [2.05, 4.69) is 44.1 Å². The number of aromatic nitrogens is 1. The molecule has 148 valence electrons. The lowest BCUT2D eigenvalue weighted by atomic mass is 10.3. The molecule has 6 heteroatoms. The van der Waals surface area contributed by atoms with Gasteiger partial charge in [0, 0.05) is 58.1 Å². The summed E-state index contributed by atoms with van der Waals surface area (Å²) in [5, 5.41) is 3.50. The number of rotatable bonds is 8. The summed E-state index contributed by atoms with van der Waals surface area (Å²) in [6, 6.07) is 6.99. The van der Waals surface area contributed by atoms with Crippen molar-refractivity contribution in [3.8, 4) is 0 Å². The van der Waals surface area contributed by atoms with Crippen LogP contribution < -0.4 is 10.2 Å². The molecule has 2 saturated carbocycles. The molecule has 0 amide bonds. The molecule has 2 heterocycles. The van der Waals surface area contributed by atoms with Gasteiger partial charge in [0.15, 0.2) is 5.96 Å². The fraction of sp³-hybridized carbons (Fsp3) is 0.714. The van der Waals surface area contributed by atoms with Crippen LogP contribution in [0.15, 0.2) is 29.4 Å². The normalized spacial score (nSPS) is 21.0. The van der Waals surface area contributed by atoms with Gasteiger partial charge in [-0.05, 0) is 50.7 Å². The smallest absolute Gasteiger partial charge is 0.194 e. The van der Waals surface area contributed by atoms with Gasteiger partial charge in [-0.3, -0.25) is 9.89 Å². The molecular weight excluding hydrogens is 336 g/mol. The number of hydrogen-bond acceptors (Lipinski definition) is 4. The SMILES string of the molecule is CCNC(=NCCN(CC1CC1)C1CC1)N1CCN(c2ccccn2)CC1. The van der Waals surface area contributed by atoms with Crippen molar-refractivity contribution >= 4 is 11.8 Å². The minimum absolute atomic E-state index is 0.852. The van der Waals surface area contributed by atoms with Crippen molar-refractivity contribution in [3.05, 3.63) is 24.4 Å². The van der Waals surface area contributed by atoms with Crippen LogP contribution in [0.3, 0.4) is 0 Å². The van der Waals surface area contributed by atoms with Crippen LogP contribution in [0.25, 0.3) is 0 Å². The topological polar surface area (TPSA) is 47.0 Å². The van der Waals surface area contributed by atoms with Crippen molar-refractivity contribution in [2.45, 2.75) is 38.6 Å². The van der Waals surface area contributed by atoms with Gasteiger partial charge >= 0.3 is 0 Å². The highest BCUT2D eigenvalue weighted by molar-refractivity contribution is 5.80. The largest absolute Gasteiger partial charge is 0.357 e. The molecule has 0 radical (unpaired) electrons. The first-order chi connectivity index (χ1) is 13.3. The van der Waals surface area contributed by atoms with Crippen LogP contribution in [0.1, 0.15) is 32.6 Å². The van der Waals surface area contributed by atoms with E-state index in [1.807, 2.05) is 12.3 Å². The number of nitrogens with zero attached hydrogens (tertiary/aromatic N) is 5. The first-order valence-electron chi connectivity index (χ1n) is 10.8. The third kappa shape index (κ3) is 5.34. The molecule has 0 spiro atoms. The zero-order valence-corrected chi connectivity index (χ0v) is 16.7. The minimum atomic E-state index is 0.852. The number of guanidine groups is 1. The standard InChI is InChI=1S/C21H34N6/c1-2-22-21(24-11-12-27(19-8-9-19)17-18-6-7-18)26-15-13-25(14-16-26)20-5-3-4-10-23-20/h3-5,10,18-19H,2,6-9,11-17H2,1H3,(H,22,24). The molecule has 1 aromatic heterocycles. The second-order valence-corrected chi connectivity index (χ2v) is 8.07. The van der Waals surface area contributed by atoms with E-state index >= 15 is 0 Å². The van der Waals surface area contributed by atoms with Gasteiger partial charge in [-0.15, -0.1) is 0 Å². The van der Waals surface area contributed by atoms with Crippen LogP contribution in [-0.4, -0.2) is 79.1 Å². The Kier molecular flexibility index (Phi) is 6.12. The van der Waals surface area contributed by atoms with Crippen LogP contribution >= 0.6 is 0 Å².